The Morgan fingerprint density at radius 2 is 2.00 bits per heavy atom. The molecule has 1 heterocycles. The molecule has 1 fully saturated rings. The Morgan fingerprint density at radius 1 is 1.35 bits per heavy atom. The highest BCUT2D eigenvalue weighted by Crippen LogP contribution is 2.26. The lowest BCUT2D eigenvalue weighted by molar-refractivity contribution is -0.00525. The van der Waals surface area contributed by atoms with Gasteiger partial charge in [0, 0.05) is 29.4 Å². The quantitative estimate of drug-likeness (QED) is 0.759. The maximum atomic E-state index is 11.0. The van der Waals surface area contributed by atoms with Crippen LogP contribution in [0.2, 0.25) is 5.02 Å². The minimum absolute atomic E-state index is 0.164. The molecule has 2 unspecified atom stereocenters. The molecule has 1 aliphatic heterocycles. The molecule has 4 heteroatoms. The number of rotatable bonds is 2. The van der Waals surface area contributed by atoms with Crippen LogP contribution in [0.5, 0.6) is 0 Å². The van der Waals surface area contributed by atoms with Crippen molar-refractivity contribution in [2.75, 3.05) is 18.0 Å². The molecule has 0 N–H and O–H groups in total. The molecule has 0 aliphatic carbocycles. The second-order valence-electron chi connectivity index (χ2n) is 4.48. The van der Waals surface area contributed by atoms with Crippen molar-refractivity contribution in [2.45, 2.75) is 26.1 Å². The Balaban J connectivity index is 2.31. The van der Waals surface area contributed by atoms with Gasteiger partial charge in [-0.05, 0) is 32.0 Å². The van der Waals surface area contributed by atoms with Crippen LogP contribution in [0.3, 0.4) is 0 Å². The Bertz CT molecular complexity index is 412. The van der Waals surface area contributed by atoms with Gasteiger partial charge in [0.25, 0.3) is 0 Å². The number of nitrogens with zero attached hydrogens (tertiary/aromatic N) is 1. The van der Waals surface area contributed by atoms with E-state index in [0.29, 0.717) is 10.6 Å². The van der Waals surface area contributed by atoms with Gasteiger partial charge in [0.2, 0.25) is 0 Å². The second-order valence-corrected chi connectivity index (χ2v) is 4.92. The lowest BCUT2D eigenvalue weighted by atomic mass is 10.1. The van der Waals surface area contributed by atoms with Crippen molar-refractivity contribution in [1.29, 1.82) is 0 Å². The number of halogens is 1. The molecule has 0 aromatic heterocycles. The Hall–Kier alpha value is -1.06. The first-order valence-electron chi connectivity index (χ1n) is 5.75. The number of hydrogen-bond donors (Lipinski definition) is 0. The molecule has 1 aliphatic rings. The molecule has 1 saturated heterocycles. The van der Waals surface area contributed by atoms with Crippen LogP contribution in [0.1, 0.15) is 24.2 Å². The molecule has 0 amide bonds. The topological polar surface area (TPSA) is 29.5 Å². The van der Waals surface area contributed by atoms with Gasteiger partial charge in [0.05, 0.1) is 12.2 Å². The lowest BCUT2D eigenvalue weighted by Crippen LogP contribution is -2.45. The Labute approximate surface area is 106 Å². The van der Waals surface area contributed by atoms with Crippen LogP contribution in [-0.2, 0) is 4.74 Å². The Kier molecular flexibility index (Phi) is 3.69. The van der Waals surface area contributed by atoms with Gasteiger partial charge in [-0.1, -0.05) is 11.6 Å². The first kappa shape index (κ1) is 12.4. The van der Waals surface area contributed by atoms with Crippen molar-refractivity contribution in [2.24, 2.45) is 0 Å². The van der Waals surface area contributed by atoms with Gasteiger partial charge in [-0.25, -0.2) is 0 Å². The molecule has 0 radical (unpaired) electrons. The standard InChI is InChI=1S/C13H16ClNO2/c1-9-6-15(7-10(2)17-9)13-5-12(14)4-3-11(13)8-16/h3-5,8-10H,6-7H2,1-2H3. The third-order valence-corrected chi connectivity index (χ3v) is 3.11. The van der Waals surface area contributed by atoms with Crippen LogP contribution in [0.15, 0.2) is 18.2 Å². The largest absolute Gasteiger partial charge is 0.372 e. The first-order chi connectivity index (χ1) is 8.10. The van der Waals surface area contributed by atoms with Crippen LogP contribution in [-0.4, -0.2) is 31.6 Å². The molecular formula is C13H16ClNO2. The number of carbonyl (C=O) groups excluding carboxylic acids is 1. The number of hydrogen-bond acceptors (Lipinski definition) is 3. The minimum atomic E-state index is 0.164. The predicted molar refractivity (Wildman–Crippen MR) is 69.1 cm³/mol. The average Bonchev–Trinajstić information content (AvgIpc) is 2.27. The number of benzene rings is 1. The summed E-state index contributed by atoms with van der Waals surface area (Å²) in [7, 11) is 0. The fourth-order valence-corrected chi connectivity index (χ4v) is 2.43. The maximum absolute atomic E-state index is 11.0. The first-order valence-corrected chi connectivity index (χ1v) is 6.13. The smallest absolute Gasteiger partial charge is 0.152 e. The molecule has 2 atom stereocenters. The number of carbonyl (C=O) groups is 1. The molecular weight excluding hydrogens is 238 g/mol. The number of ether oxygens (including phenoxy) is 1. The molecule has 1 aromatic rings. The van der Waals surface area contributed by atoms with Gasteiger partial charge in [-0.3, -0.25) is 4.79 Å². The van der Waals surface area contributed by atoms with Crippen molar-refractivity contribution in [3.63, 3.8) is 0 Å². The van der Waals surface area contributed by atoms with Crippen LogP contribution in [0, 0.1) is 0 Å². The van der Waals surface area contributed by atoms with E-state index in [-0.39, 0.29) is 12.2 Å². The van der Waals surface area contributed by atoms with E-state index >= 15 is 0 Å². The molecule has 2 rings (SSSR count). The summed E-state index contributed by atoms with van der Waals surface area (Å²) < 4.78 is 5.68. The monoisotopic (exact) mass is 253 g/mol. The summed E-state index contributed by atoms with van der Waals surface area (Å²) >= 11 is 5.99. The van der Waals surface area contributed by atoms with E-state index in [1.165, 1.54) is 0 Å². The van der Waals surface area contributed by atoms with E-state index in [4.69, 9.17) is 16.3 Å². The van der Waals surface area contributed by atoms with Crippen LogP contribution >= 0.6 is 11.6 Å². The normalized spacial score (nSPS) is 24.8. The summed E-state index contributed by atoms with van der Waals surface area (Å²) in [5, 5.41) is 0.650. The highest BCUT2D eigenvalue weighted by atomic mass is 35.5. The van der Waals surface area contributed by atoms with E-state index in [0.717, 1.165) is 25.1 Å². The zero-order chi connectivity index (χ0) is 12.4. The van der Waals surface area contributed by atoms with Gasteiger partial charge in [0.1, 0.15) is 0 Å². The second kappa shape index (κ2) is 5.07. The van der Waals surface area contributed by atoms with Crippen molar-refractivity contribution in [1.82, 2.24) is 0 Å². The van der Waals surface area contributed by atoms with Gasteiger partial charge < -0.3 is 9.64 Å². The molecule has 92 valence electrons. The highest BCUT2D eigenvalue weighted by Gasteiger charge is 2.23. The van der Waals surface area contributed by atoms with Crippen LogP contribution in [0.25, 0.3) is 0 Å². The van der Waals surface area contributed by atoms with E-state index < -0.39 is 0 Å². The zero-order valence-corrected chi connectivity index (χ0v) is 10.8. The van der Waals surface area contributed by atoms with E-state index in [1.54, 1.807) is 12.1 Å². The fourth-order valence-electron chi connectivity index (χ4n) is 2.26. The van der Waals surface area contributed by atoms with Gasteiger partial charge in [-0.15, -0.1) is 0 Å². The van der Waals surface area contributed by atoms with Crippen LogP contribution < -0.4 is 4.90 Å². The average molecular weight is 254 g/mol. The van der Waals surface area contributed by atoms with E-state index in [9.17, 15) is 4.79 Å². The molecule has 0 spiro atoms. The predicted octanol–water partition coefficient (Wildman–Crippen LogP) is 2.77. The molecule has 0 saturated carbocycles. The third kappa shape index (κ3) is 2.79. The summed E-state index contributed by atoms with van der Waals surface area (Å²) in [4.78, 5) is 13.2. The third-order valence-electron chi connectivity index (χ3n) is 2.88. The lowest BCUT2D eigenvalue weighted by Gasteiger charge is -2.37. The highest BCUT2D eigenvalue weighted by molar-refractivity contribution is 6.31. The molecule has 1 aromatic carbocycles. The van der Waals surface area contributed by atoms with Crippen LogP contribution in [0.4, 0.5) is 5.69 Å². The van der Waals surface area contributed by atoms with Gasteiger partial charge in [0.15, 0.2) is 6.29 Å². The summed E-state index contributed by atoms with van der Waals surface area (Å²) in [5.74, 6) is 0. The summed E-state index contributed by atoms with van der Waals surface area (Å²) in [6.07, 6.45) is 1.20. The summed E-state index contributed by atoms with van der Waals surface area (Å²) in [5.41, 5.74) is 1.57. The number of anilines is 1. The van der Waals surface area contributed by atoms with E-state index in [1.807, 2.05) is 19.9 Å². The number of aldehydes is 1. The summed E-state index contributed by atoms with van der Waals surface area (Å²) in [6.45, 7) is 5.64. The maximum Gasteiger partial charge on any atom is 0.152 e. The Morgan fingerprint density at radius 3 is 2.59 bits per heavy atom. The van der Waals surface area contributed by atoms with Gasteiger partial charge in [-0.2, -0.15) is 0 Å². The number of morpholine rings is 1. The zero-order valence-electron chi connectivity index (χ0n) is 10.0. The van der Waals surface area contributed by atoms with Crippen molar-refractivity contribution >= 4 is 23.6 Å². The molecule has 17 heavy (non-hydrogen) atoms. The SMILES string of the molecule is CC1CN(c2cc(Cl)ccc2C=O)CC(C)O1. The molecule has 0 bridgehead atoms. The van der Waals surface area contributed by atoms with Gasteiger partial charge >= 0.3 is 0 Å². The van der Waals surface area contributed by atoms with Crippen molar-refractivity contribution < 1.29 is 9.53 Å². The summed E-state index contributed by atoms with van der Waals surface area (Å²) in [6, 6.07) is 5.34. The van der Waals surface area contributed by atoms with Crippen molar-refractivity contribution in [3.05, 3.63) is 28.8 Å². The van der Waals surface area contributed by atoms with E-state index in [2.05, 4.69) is 4.90 Å². The van der Waals surface area contributed by atoms with Crippen molar-refractivity contribution in [3.8, 4) is 0 Å². The minimum Gasteiger partial charge on any atom is -0.372 e. The molecule has 3 nitrogen and oxygen atoms in total. The fraction of sp³-hybridized carbons (Fsp3) is 0.462.